The maximum atomic E-state index is 14.3. The van der Waals surface area contributed by atoms with Crippen LogP contribution in [0.15, 0.2) is 40.4 Å². The van der Waals surface area contributed by atoms with Gasteiger partial charge in [0.25, 0.3) is 22.9 Å². The third-order valence-corrected chi connectivity index (χ3v) is 13.5. The van der Waals surface area contributed by atoms with E-state index in [1.54, 1.807) is 47.7 Å². The van der Waals surface area contributed by atoms with Gasteiger partial charge in [-0.25, -0.2) is 0 Å². The lowest BCUT2D eigenvalue weighted by atomic mass is 9.93. The molecule has 1 unspecified atom stereocenters. The van der Waals surface area contributed by atoms with Gasteiger partial charge in [0.05, 0.1) is 23.8 Å². The van der Waals surface area contributed by atoms with Crippen molar-refractivity contribution < 1.29 is 19.1 Å². The van der Waals surface area contributed by atoms with E-state index < -0.39 is 0 Å². The molecule has 314 valence electrons. The summed E-state index contributed by atoms with van der Waals surface area (Å²) in [6, 6.07) is 1.79. The molecule has 0 aliphatic carbocycles. The van der Waals surface area contributed by atoms with E-state index in [2.05, 4.69) is 19.8 Å². The number of ether oxygens (including phenoxy) is 2. The van der Waals surface area contributed by atoms with Gasteiger partial charge in [-0.2, -0.15) is 0 Å². The zero-order valence-corrected chi connectivity index (χ0v) is 34.7. The molecule has 0 saturated carbocycles. The second-order valence-electron chi connectivity index (χ2n) is 17.7. The summed E-state index contributed by atoms with van der Waals surface area (Å²) in [7, 11) is 5.34. The number of piperidine rings is 2. The fourth-order valence-electron chi connectivity index (χ4n) is 9.98. The number of carbonyl (C=O) groups excluding carboxylic acids is 2. The quantitative estimate of drug-likeness (QED) is 0.218. The number of pyridine rings is 2. The maximum Gasteiger partial charge on any atom is 0.275 e. The smallest absolute Gasteiger partial charge is 0.275 e. The zero-order valence-electron chi connectivity index (χ0n) is 34.7. The van der Waals surface area contributed by atoms with Crippen molar-refractivity contribution in [1.29, 1.82) is 0 Å². The Hall–Kier alpha value is -4.24. The van der Waals surface area contributed by atoms with Gasteiger partial charge in [0.2, 0.25) is 0 Å². The number of aryl methyl sites for hydroxylation is 1. The molecule has 0 aromatic carbocycles. The molecule has 14 nitrogen and oxygen atoms in total. The minimum Gasteiger partial charge on any atom is -0.381 e. The number of aromatic nitrogens is 4. The Morgan fingerprint density at radius 1 is 0.741 bits per heavy atom. The highest BCUT2D eigenvalue weighted by Crippen LogP contribution is 2.27. The number of aromatic amines is 2. The van der Waals surface area contributed by atoms with Crippen molar-refractivity contribution in [2.24, 2.45) is 24.8 Å². The Kier molecular flexibility index (Phi) is 12.5. The van der Waals surface area contributed by atoms with Crippen molar-refractivity contribution in [3.63, 3.8) is 0 Å². The lowest BCUT2D eigenvalue weighted by Crippen LogP contribution is -2.43. The van der Waals surface area contributed by atoms with E-state index in [0.717, 1.165) is 110 Å². The summed E-state index contributed by atoms with van der Waals surface area (Å²) in [4.78, 5) is 70.6. The van der Waals surface area contributed by atoms with Crippen LogP contribution in [0.4, 0.5) is 0 Å². The largest absolute Gasteiger partial charge is 0.381 e. The molecule has 4 aliphatic heterocycles. The predicted molar refractivity (Wildman–Crippen MR) is 225 cm³/mol. The first kappa shape index (κ1) is 40.5. The summed E-state index contributed by atoms with van der Waals surface area (Å²) in [5, 5.41) is 1.09. The van der Waals surface area contributed by atoms with Crippen LogP contribution in [0.1, 0.15) is 84.1 Å². The molecule has 0 bridgehead atoms. The number of hydrogen-bond acceptors (Lipinski definition) is 8. The Bertz CT molecular complexity index is 2180. The Labute approximate surface area is 340 Å². The Morgan fingerprint density at radius 2 is 1.40 bits per heavy atom. The minimum atomic E-state index is -0.277. The normalized spacial score (nSPS) is 20.9. The number of H-pyrrole nitrogens is 2. The van der Waals surface area contributed by atoms with Gasteiger partial charge in [0, 0.05) is 103 Å². The van der Waals surface area contributed by atoms with E-state index in [1.807, 2.05) is 14.1 Å². The number of nitrogens with zero attached hydrogens (tertiary/aromatic N) is 6. The van der Waals surface area contributed by atoms with Crippen molar-refractivity contribution >= 4 is 33.6 Å². The van der Waals surface area contributed by atoms with Gasteiger partial charge < -0.3 is 48.2 Å². The molecule has 14 heteroatoms. The van der Waals surface area contributed by atoms with Gasteiger partial charge >= 0.3 is 0 Å². The van der Waals surface area contributed by atoms with Gasteiger partial charge in [-0.15, -0.1) is 0 Å². The van der Waals surface area contributed by atoms with Crippen LogP contribution >= 0.6 is 0 Å². The van der Waals surface area contributed by atoms with Gasteiger partial charge in [-0.1, -0.05) is 0 Å². The molecule has 8 rings (SSSR count). The molecule has 8 heterocycles. The molecule has 4 aromatic heterocycles. The van der Waals surface area contributed by atoms with Crippen molar-refractivity contribution in [3.05, 3.63) is 68.3 Å². The topological polar surface area (TPSA) is 141 Å². The maximum absolute atomic E-state index is 14.3. The van der Waals surface area contributed by atoms with Crippen LogP contribution in [0.3, 0.4) is 0 Å². The summed E-state index contributed by atoms with van der Waals surface area (Å²) in [5.41, 5.74) is 1.62. The first-order chi connectivity index (χ1) is 28.1. The van der Waals surface area contributed by atoms with E-state index in [-0.39, 0.29) is 29.5 Å². The van der Waals surface area contributed by atoms with Gasteiger partial charge in [0.1, 0.15) is 11.0 Å². The van der Waals surface area contributed by atoms with Crippen LogP contribution in [-0.4, -0.2) is 143 Å². The molecule has 2 N–H and O–H groups in total. The second-order valence-corrected chi connectivity index (χ2v) is 17.7. The summed E-state index contributed by atoms with van der Waals surface area (Å²) in [6.07, 6.45) is 16.9. The summed E-state index contributed by atoms with van der Waals surface area (Å²) in [5.74, 6) is 1.19. The van der Waals surface area contributed by atoms with Crippen molar-refractivity contribution in [2.45, 2.75) is 70.4 Å². The fraction of sp³-hybridized carbons (Fsp3) is 0.636. The number of fused-ring (bicyclic) bond motifs is 2. The van der Waals surface area contributed by atoms with E-state index in [9.17, 15) is 19.2 Å². The Balaban J connectivity index is 0.962. The molecule has 4 aliphatic rings. The first-order valence-corrected chi connectivity index (χ1v) is 21.7. The molecule has 4 saturated heterocycles. The minimum absolute atomic E-state index is 0.0731. The van der Waals surface area contributed by atoms with Crippen LogP contribution in [0, 0.1) is 17.8 Å². The van der Waals surface area contributed by atoms with Crippen molar-refractivity contribution in [2.75, 3.05) is 86.3 Å². The molecule has 0 radical (unpaired) electrons. The van der Waals surface area contributed by atoms with E-state index in [1.165, 1.54) is 15.6 Å². The van der Waals surface area contributed by atoms with E-state index in [0.29, 0.717) is 75.4 Å². The van der Waals surface area contributed by atoms with E-state index >= 15 is 0 Å². The molecule has 1 atom stereocenters. The number of carbonyl (C=O) groups is 2. The standard InChI is InChI=1S/C44H62N8O6/c1-47(23-30-8-15-50(16-9-30)25-32-12-20-57-21-13-32)41(53)36-29-52(44(56)39-35(36)7-14-45-39)26-33-22-46-40-38(33)37(28-49(3)43(40)55)42(54)48(2)24-31-10-17-51(18-11-31)27-34-6-4-5-19-58-34/h7,14,22,28-32,34,45-46H,4-6,8-13,15-21,23-27H2,1-3H3. The van der Waals surface area contributed by atoms with Gasteiger partial charge in [-0.3, -0.25) is 19.2 Å². The summed E-state index contributed by atoms with van der Waals surface area (Å²) < 4.78 is 14.5. The molecule has 2 amide bonds. The fourth-order valence-corrected chi connectivity index (χ4v) is 9.98. The van der Waals surface area contributed by atoms with Crippen LogP contribution in [-0.2, 0) is 23.1 Å². The zero-order chi connectivity index (χ0) is 40.3. The van der Waals surface area contributed by atoms with E-state index in [4.69, 9.17) is 9.47 Å². The monoisotopic (exact) mass is 798 g/mol. The van der Waals surface area contributed by atoms with Crippen LogP contribution in [0.5, 0.6) is 0 Å². The summed E-state index contributed by atoms with van der Waals surface area (Å²) in [6.45, 7) is 10.1. The highest BCUT2D eigenvalue weighted by atomic mass is 16.5. The average Bonchev–Trinajstić information content (AvgIpc) is 3.91. The third-order valence-electron chi connectivity index (χ3n) is 13.5. The number of likely N-dealkylation sites (tertiary alicyclic amines) is 2. The molecular formula is C44H62N8O6. The highest BCUT2D eigenvalue weighted by molar-refractivity contribution is 6.07. The lowest BCUT2D eigenvalue weighted by molar-refractivity contribution is -0.0118. The number of hydrogen-bond donors (Lipinski definition) is 2. The molecule has 4 fully saturated rings. The first-order valence-electron chi connectivity index (χ1n) is 21.7. The number of nitrogens with one attached hydrogen (secondary N) is 2. The van der Waals surface area contributed by atoms with Gasteiger partial charge in [0.15, 0.2) is 0 Å². The summed E-state index contributed by atoms with van der Waals surface area (Å²) >= 11 is 0. The average molecular weight is 799 g/mol. The second kappa shape index (κ2) is 17.9. The Morgan fingerprint density at radius 3 is 2.05 bits per heavy atom. The van der Waals surface area contributed by atoms with Crippen molar-refractivity contribution in [3.8, 4) is 0 Å². The lowest BCUT2D eigenvalue weighted by Gasteiger charge is -2.36. The van der Waals surface area contributed by atoms with Gasteiger partial charge in [-0.05, 0) is 113 Å². The molecule has 58 heavy (non-hydrogen) atoms. The molecule has 4 aromatic rings. The predicted octanol–water partition coefficient (Wildman–Crippen LogP) is 4.12. The van der Waals surface area contributed by atoms with Crippen LogP contribution in [0.25, 0.3) is 21.8 Å². The molecular weight excluding hydrogens is 737 g/mol. The highest BCUT2D eigenvalue weighted by Gasteiger charge is 2.29. The van der Waals surface area contributed by atoms with Crippen LogP contribution < -0.4 is 11.1 Å². The number of amides is 2. The number of rotatable bonds is 12. The van der Waals surface area contributed by atoms with Crippen LogP contribution in [0.2, 0.25) is 0 Å². The van der Waals surface area contributed by atoms with Crippen molar-refractivity contribution in [1.82, 2.24) is 38.7 Å². The molecule has 0 spiro atoms. The SMILES string of the molecule is CN(CC1CCN(CC2CCOCC2)CC1)C(=O)c1cn(Cc2c[nH]c3c(=O)n(C)cc(C(=O)N(C)CC4CCN(CC5CCCCO5)CC4)c23)c(=O)c2[nH]ccc12. The third kappa shape index (κ3) is 8.85.